The summed E-state index contributed by atoms with van der Waals surface area (Å²) in [5.41, 5.74) is 2.42. The first kappa shape index (κ1) is 17.0. The molecule has 8 heteroatoms. The maximum absolute atomic E-state index is 12.8. The number of rotatable bonds is 3. The monoisotopic (exact) mass is 378 g/mol. The van der Waals surface area contributed by atoms with Gasteiger partial charge in [0.1, 0.15) is 5.82 Å². The molecule has 1 aliphatic rings. The summed E-state index contributed by atoms with van der Waals surface area (Å²) >= 11 is 1.32. The zero-order valence-corrected chi connectivity index (χ0v) is 15.3. The van der Waals surface area contributed by atoms with E-state index in [4.69, 9.17) is 0 Å². The van der Waals surface area contributed by atoms with Crippen molar-refractivity contribution in [1.29, 1.82) is 0 Å². The summed E-state index contributed by atoms with van der Waals surface area (Å²) in [7, 11) is 0. The molecule has 3 heterocycles. The largest absolute Gasteiger partial charge is 0.298 e. The number of anilines is 2. The van der Waals surface area contributed by atoms with Crippen molar-refractivity contribution in [2.24, 2.45) is 0 Å². The van der Waals surface area contributed by atoms with Crippen LogP contribution in [0.1, 0.15) is 42.3 Å². The Morgan fingerprint density at radius 1 is 1.07 bits per heavy atom. The van der Waals surface area contributed by atoms with E-state index >= 15 is 0 Å². The second-order valence-electron chi connectivity index (χ2n) is 6.15. The third-order valence-corrected chi connectivity index (χ3v) is 4.99. The van der Waals surface area contributed by atoms with Gasteiger partial charge in [-0.25, -0.2) is 14.9 Å². The molecule has 1 aliphatic heterocycles. The van der Waals surface area contributed by atoms with E-state index in [2.05, 4.69) is 15.3 Å². The van der Waals surface area contributed by atoms with Gasteiger partial charge < -0.3 is 0 Å². The van der Waals surface area contributed by atoms with Crippen LogP contribution in [0.25, 0.3) is 0 Å². The van der Waals surface area contributed by atoms with Crippen LogP contribution in [-0.4, -0.2) is 27.7 Å². The Labute approximate surface area is 158 Å². The van der Waals surface area contributed by atoms with Crippen molar-refractivity contribution in [3.8, 4) is 0 Å². The van der Waals surface area contributed by atoms with Crippen LogP contribution < -0.4 is 10.2 Å². The average molecular weight is 378 g/mol. The van der Waals surface area contributed by atoms with Gasteiger partial charge >= 0.3 is 0 Å². The molecule has 134 valence electrons. The summed E-state index contributed by atoms with van der Waals surface area (Å²) in [5, 5.41) is 5.00. The van der Waals surface area contributed by atoms with Crippen LogP contribution in [0.15, 0.2) is 41.9 Å². The molecule has 0 spiro atoms. The summed E-state index contributed by atoms with van der Waals surface area (Å²) in [6, 6.07) is 7.89. The number of nitrogens with zero attached hydrogens (tertiary/aromatic N) is 3. The highest BCUT2D eigenvalue weighted by atomic mass is 32.1. The molecule has 0 fully saturated rings. The average Bonchev–Trinajstić information content (AvgIpc) is 3.16. The Kier molecular flexibility index (Phi) is 4.04. The number of benzene rings is 1. The second kappa shape index (κ2) is 6.40. The van der Waals surface area contributed by atoms with E-state index < -0.39 is 11.8 Å². The van der Waals surface area contributed by atoms with Gasteiger partial charge in [0.25, 0.3) is 17.7 Å². The zero-order chi connectivity index (χ0) is 19.1. The molecule has 1 aromatic carbocycles. The summed E-state index contributed by atoms with van der Waals surface area (Å²) in [4.78, 5) is 47.2. The normalized spacial score (nSPS) is 13.0. The van der Waals surface area contributed by atoms with Crippen LogP contribution in [0.5, 0.6) is 0 Å². The Balaban J connectivity index is 1.65. The fourth-order valence-corrected chi connectivity index (χ4v) is 3.50. The van der Waals surface area contributed by atoms with Gasteiger partial charge in [0.15, 0.2) is 5.13 Å². The lowest BCUT2D eigenvalue weighted by molar-refractivity contribution is 0.0924. The fraction of sp³-hybridized carbons (Fsp3) is 0.105. The van der Waals surface area contributed by atoms with E-state index in [9.17, 15) is 14.4 Å². The molecular formula is C19H14N4O3S. The number of imide groups is 1. The topological polar surface area (TPSA) is 92.3 Å². The molecular weight excluding hydrogens is 364 g/mol. The van der Waals surface area contributed by atoms with Crippen molar-refractivity contribution < 1.29 is 14.4 Å². The molecule has 0 aliphatic carbocycles. The van der Waals surface area contributed by atoms with Gasteiger partial charge in [0.2, 0.25) is 0 Å². The summed E-state index contributed by atoms with van der Waals surface area (Å²) in [6.07, 6.45) is 1.54. The number of hydrogen-bond acceptors (Lipinski definition) is 6. The van der Waals surface area contributed by atoms with E-state index in [1.165, 1.54) is 29.5 Å². The van der Waals surface area contributed by atoms with E-state index in [1.807, 2.05) is 19.2 Å². The molecule has 2 aromatic heterocycles. The molecule has 4 rings (SSSR count). The Morgan fingerprint density at radius 2 is 1.85 bits per heavy atom. The van der Waals surface area contributed by atoms with Crippen LogP contribution in [-0.2, 0) is 0 Å². The molecule has 3 aromatic rings. The summed E-state index contributed by atoms with van der Waals surface area (Å²) in [6.45, 7) is 3.69. The zero-order valence-electron chi connectivity index (χ0n) is 14.5. The predicted octanol–water partition coefficient (Wildman–Crippen LogP) is 3.21. The van der Waals surface area contributed by atoms with Crippen LogP contribution in [0.3, 0.4) is 0 Å². The lowest BCUT2D eigenvalue weighted by atomic mass is 10.1. The maximum atomic E-state index is 12.8. The molecule has 0 saturated heterocycles. The first-order chi connectivity index (χ1) is 12.9. The minimum Gasteiger partial charge on any atom is -0.298 e. The van der Waals surface area contributed by atoms with Gasteiger partial charge in [-0.2, -0.15) is 0 Å². The van der Waals surface area contributed by atoms with Crippen molar-refractivity contribution in [1.82, 2.24) is 9.97 Å². The molecule has 0 bridgehead atoms. The minimum absolute atomic E-state index is 0.186. The SMILES string of the molecule is Cc1ccnc(N2C(=O)c3ccc(C(=O)Nc4nc(C)cs4)cc3C2=O)c1. The standard InChI is InChI=1S/C19H14N4O3S/c1-10-5-6-20-15(7-10)23-17(25)13-4-3-12(8-14(13)18(23)26)16(24)22-19-21-11(2)9-27-19/h3-9H,1-2H3,(H,21,22,24). The van der Waals surface area contributed by atoms with Crippen molar-refractivity contribution in [3.63, 3.8) is 0 Å². The van der Waals surface area contributed by atoms with Gasteiger partial charge in [0, 0.05) is 17.1 Å². The predicted molar refractivity (Wildman–Crippen MR) is 101 cm³/mol. The van der Waals surface area contributed by atoms with E-state index in [-0.39, 0.29) is 28.4 Å². The van der Waals surface area contributed by atoms with Crippen molar-refractivity contribution >= 4 is 40.0 Å². The third kappa shape index (κ3) is 3.00. The minimum atomic E-state index is -0.493. The molecule has 27 heavy (non-hydrogen) atoms. The van der Waals surface area contributed by atoms with Crippen LogP contribution >= 0.6 is 11.3 Å². The first-order valence-corrected chi connectivity index (χ1v) is 9.01. The van der Waals surface area contributed by atoms with Crippen LogP contribution in [0.4, 0.5) is 10.9 Å². The van der Waals surface area contributed by atoms with Gasteiger partial charge in [-0.3, -0.25) is 19.7 Å². The summed E-state index contributed by atoms with van der Waals surface area (Å²) < 4.78 is 0. The van der Waals surface area contributed by atoms with E-state index in [0.29, 0.717) is 5.13 Å². The van der Waals surface area contributed by atoms with E-state index in [0.717, 1.165) is 16.2 Å². The number of thiazole rings is 1. The van der Waals surface area contributed by atoms with Crippen LogP contribution in [0, 0.1) is 13.8 Å². The summed E-state index contributed by atoms with van der Waals surface area (Å²) in [5.74, 6) is -1.06. The first-order valence-electron chi connectivity index (χ1n) is 8.13. The number of aromatic nitrogens is 2. The van der Waals surface area contributed by atoms with Crippen molar-refractivity contribution in [2.75, 3.05) is 10.2 Å². The molecule has 3 amide bonds. The molecule has 7 nitrogen and oxygen atoms in total. The smallest absolute Gasteiger partial charge is 0.267 e. The Morgan fingerprint density at radius 3 is 2.56 bits per heavy atom. The highest BCUT2D eigenvalue weighted by Gasteiger charge is 2.38. The van der Waals surface area contributed by atoms with Gasteiger partial charge in [-0.1, -0.05) is 0 Å². The number of carbonyl (C=O) groups excluding carboxylic acids is 3. The van der Waals surface area contributed by atoms with Gasteiger partial charge in [0.05, 0.1) is 16.8 Å². The molecule has 0 unspecified atom stereocenters. The number of nitrogens with one attached hydrogen (secondary N) is 1. The molecule has 0 atom stereocenters. The number of pyridine rings is 1. The van der Waals surface area contributed by atoms with Gasteiger partial charge in [-0.15, -0.1) is 11.3 Å². The Bertz CT molecular complexity index is 1110. The van der Waals surface area contributed by atoms with E-state index in [1.54, 1.807) is 18.3 Å². The number of amides is 3. The second-order valence-corrected chi connectivity index (χ2v) is 7.00. The Hall–Kier alpha value is -3.39. The lowest BCUT2D eigenvalue weighted by Gasteiger charge is -2.12. The maximum Gasteiger partial charge on any atom is 0.267 e. The van der Waals surface area contributed by atoms with Gasteiger partial charge in [-0.05, 0) is 49.7 Å². The molecule has 0 saturated carbocycles. The molecule has 1 N–H and O–H groups in total. The lowest BCUT2D eigenvalue weighted by Crippen LogP contribution is -2.30. The van der Waals surface area contributed by atoms with Crippen LogP contribution in [0.2, 0.25) is 0 Å². The third-order valence-electron chi connectivity index (χ3n) is 4.12. The quantitative estimate of drug-likeness (QED) is 0.707. The number of hydrogen-bond donors (Lipinski definition) is 1. The molecule has 0 radical (unpaired) electrons. The van der Waals surface area contributed by atoms with Crippen molar-refractivity contribution in [3.05, 3.63) is 69.9 Å². The highest BCUT2D eigenvalue weighted by molar-refractivity contribution is 7.13. The highest BCUT2D eigenvalue weighted by Crippen LogP contribution is 2.28. The number of carbonyl (C=O) groups is 3. The van der Waals surface area contributed by atoms with Crippen molar-refractivity contribution in [2.45, 2.75) is 13.8 Å². The number of aryl methyl sites for hydroxylation is 2. The fourth-order valence-electron chi connectivity index (χ4n) is 2.81. The number of fused-ring (bicyclic) bond motifs is 1.